The van der Waals surface area contributed by atoms with Crippen molar-refractivity contribution in [1.29, 1.82) is 0 Å². The van der Waals surface area contributed by atoms with Gasteiger partial charge in [0.05, 0.1) is 12.5 Å². The molecule has 2 saturated heterocycles. The molecule has 2 fully saturated rings. The minimum atomic E-state index is -0.0120. The third kappa shape index (κ3) is 3.11. The van der Waals surface area contributed by atoms with E-state index in [1.807, 2.05) is 6.92 Å². The van der Waals surface area contributed by atoms with E-state index in [2.05, 4.69) is 16.7 Å². The fourth-order valence-electron chi connectivity index (χ4n) is 3.75. The van der Waals surface area contributed by atoms with Crippen LogP contribution in [-0.4, -0.2) is 61.1 Å². The molecule has 19 heavy (non-hydrogen) atoms. The number of likely N-dealkylation sites (N-methyl/N-ethyl adjacent to an activating group) is 1. The predicted octanol–water partition coefficient (Wildman–Crippen LogP) is 1.74. The molecule has 0 unspecified atom stereocenters. The van der Waals surface area contributed by atoms with Crippen LogP contribution in [0.25, 0.3) is 0 Å². The fraction of sp³-hybridized carbons (Fsp3) is 0.933. The molecule has 0 aromatic heterocycles. The molecule has 0 spiro atoms. The quantitative estimate of drug-likeness (QED) is 0.761. The molecule has 4 heteroatoms. The third-order valence-corrected chi connectivity index (χ3v) is 4.69. The van der Waals surface area contributed by atoms with Gasteiger partial charge in [-0.15, -0.1) is 0 Å². The fourth-order valence-corrected chi connectivity index (χ4v) is 3.75. The molecule has 0 saturated carbocycles. The van der Waals surface area contributed by atoms with Gasteiger partial charge in [0.15, 0.2) is 0 Å². The zero-order valence-electron chi connectivity index (χ0n) is 12.6. The molecule has 2 aliphatic heterocycles. The maximum absolute atomic E-state index is 12.5. The van der Waals surface area contributed by atoms with Crippen molar-refractivity contribution in [1.82, 2.24) is 9.80 Å². The molecule has 0 radical (unpaired) electrons. The van der Waals surface area contributed by atoms with Crippen LogP contribution in [0.5, 0.6) is 0 Å². The highest BCUT2D eigenvalue weighted by atomic mass is 16.5. The zero-order chi connectivity index (χ0) is 13.8. The van der Waals surface area contributed by atoms with Gasteiger partial charge in [0.1, 0.15) is 0 Å². The first-order valence-corrected chi connectivity index (χ1v) is 7.72. The molecule has 3 atom stereocenters. The van der Waals surface area contributed by atoms with E-state index >= 15 is 0 Å². The van der Waals surface area contributed by atoms with Crippen molar-refractivity contribution in [3.63, 3.8) is 0 Å². The lowest BCUT2D eigenvalue weighted by atomic mass is 10.0. The molecule has 2 rings (SSSR count). The van der Waals surface area contributed by atoms with Crippen molar-refractivity contribution >= 4 is 5.91 Å². The van der Waals surface area contributed by atoms with Crippen molar-refractivity contribution in [3.05, 3.63) is 0 Å². The first-order chi connectivity index (χ1) is 9.19. The number of carbonyl (C=O) groups is 1. The summed E-state index contributed by atoms with van der Waals surface area (Å²) < 4.78 is 5.13. The van der Waals surface area contributed by atoms with E-state index < -0.39 is 0 Å². The number of rotatable bonds is 5. The smallest absolute Gasteiger partial charge is 0.228 e. The zero-order valence-corrected chi connectivity index (χ0v) is 12.6. The molecule has 4 nitrogen and oxygen atoms in total. The average Bonchev–Trinajstić information content (AvgIpc) is 3.05. The Bertz CT molecular complexity index is 309. The Morgan fingerprint density at radius 2 is 1.95 bits per heavy atom. The summed E-state index contributed by atoms with van der Waals surface area (Å²) in [5.74, 6) is 0.273. The van der Waals surface area contributed by atoms with Gasteiger partial charge in [-0.3, -0.25) is 9.69 Å². The van der Waals surface area contributed by atoms with Crippen LogP contribution >= 0.6 is 0 Å². The number of hydrogen-bond acceptors (Lipinski definition) is 3. The highest BCUT2D eigenvalue weighted by molar-refractivity contribution is 5.79. The number of nitrogens with zero attached hydrogens (tertiary/aromatic N) is 2. The molecule has 2 heterocycles. The summed E-state index contributed by atoms with van der Waals surface area (Å²) in [6, 6.07) is 1.03. The monoisotopic (exact) mass is 268 g/mol. The van der Waals surface area contributed by atoms with Gasteiger partial charge in [-0.05, 0) is 38.8 Å². The number of carbonyl (C=O) groups excluding carboxylic acids is 1. The van der Waals surface area contributed by atoms with E-state index in [9.17, 15) is 4.79 Å². The lowest BCUT2D eigenvalue weighted by molar-refractivity contribution is -0.138. The third-order valence-electron chi connectivity index (χ3n) is 4.69. The van der Waals surface area contributed by atoms with E-state index in [0.29, 0.717) is 18.7 Å². The summed E-state index contributed by atoms with van der Waals surface area (Å²) in [6.45, 7) is 7.99. The second-order valence-corrected chi connectivity index (χ2v) is 5.94. The number of methoxy groups -OCH3 is 1. The van der Waals surface area contributed by atoms with Gasteiger partial charge in [-0.2, -0.15) is 0 Å². The number of hydrogen-bond donors (Lipinski definition) is 0. The summed E-state index contributed by atoms with van der Waals surface area (Å²) >= 11 is 0. The van der Waals surface area contributed by atoms with E-state index in [-0.39, 0.29) is 11.8 Å². The Hall–Kier alpha value is -0.610. The van der Waals surface area contributed by atoms with E-state index in [1.54, 1.807) is 7.11 Å². The van der Waals surface area contributed by atoms with Crippen LogP contribution in [0.15, 0.2) is 0 Å². The van der Waals surface area contributed by atoms with Gasteiger partial charge in [0.2, 0.25) is 5.91 Å². The van der Waals surface area contributed by atoms with Crippen molar-refractivity contribution in [2.75, 3.05) is 33.4 Å². The van der Waals surface area contributed by atoms with Gasteiger partial charge < -0.3 is 9.64 Å². The van der Waals surface area contributed by atoms with Crippen molar-refractivity contribution in [2.45, 2.75) is 51.6 Å². The van der Waals surface area contributed by atoms with Gasteiger partial charge in [-0.1, -0.05) is 13.8 Å². The SMILES string of the molecule is CCN1CCC[C@@H]1[C@H]1CCCN1C(=O)[C@@H](C)COC. The topological polar surface area (TPSA) is 32.8 Å². The van der Waals surface area contributed by atoms with Crippen molar-refractivity contribution in [2.24, 2.45) is 5.92 Å². The van der Waals surface area contributed by atoms with E-state index in [4.69, 9.17) is 4.74 Å². The van der Waals surface area contributed by atoms with Crippen LogP contribution in [0, 0.1) is 5.92 Å². The minimum Gasteiger partial charge on any atom is -0.384 e. The summed E-state index contributed by atoms with van der Waals surface area (Å²) in [7, 11) is 1.67. The minimum absolute atomic E-state index is 0.0120. The highest BCUT2D eigenvalue weighted by Gasteiger charge is 2.39. The van der Waals surface area contributed by atoms with Crippen LogP contribution in [0.1, 0.15) is 39.5 Å². The second-order valence-electron chi connectivity index (χ2n) is 5.94. The summed E-state index contributed by atoms with van der Waals surface area (Å²) in [5, 5.41) is 0. The number of ether oxygens (including phenoxy) is 1. The van der Waals surface area contributed by atoms with Crippen LogP contribution in [0.2, 0.25) is 0 Å². The second kappa shape index (κ2) is 6.71. The molecule has 0 aromatic rings. The van der Waals surface area contributed by atoms with Crippen LogP contribution < -0.4 is 0 Å². The normalized spacial score (nSPS) is 29.9. The summed E-state index contributed by atoms with van der Waals surface area (Å²) in [4.78, 5) is 17.2. The maximum atomic E-state index is 12.5. The molecular weight excluding hydrogens is 240 g/mol. The average molecular weight is 268 g/mol. The van der Waals surface area contributed by atoms with E-state index in [0.717, 1.165) is 19.5 Å². The van der Waals surface area contributed by atoms with Crippen molar-refractivity contribution < 1.29 is 9.53 Å². The lowest BCUT2D eigenvalue weighted by Gasteiger charge is -2.35. The number of likely N-dealkylation sites (tertiary alicyclic amines) is 2. The molecule has 0 bridgehead atoms. The Labute approximate surface area is 117 Å². The molecule has 0 aromatic carbocycles. The predicted molar refractivity (Wildman–Crippen MR) is 76.0 cm³/mol. The molecule has 110 valence electrons. The molecular formula is C15H28N2O2. The standard InChI is InChI=1S/C15H28N2O2/c1-4-16-9-5-7-13(16)14-8-6-10-17(14)15(18)12(2)11-19-3/h12-14H,4-11H2,1-3H3/t12-,13+,14+/m0/s1. The first kappa shape index (κ1) is 14.8. The molecule has 0 N–H and O–H groups in total. The lowest BCUT2D eigenvalue weighted by Crippen LogP contribution is -2.49. The van der Waals surface area contributed by atoms with Crippen LogP contribution in [-0.2, 0) is 9.53 Å². The molecule has 0 aliphatic carbocycles. The molecule has 2 aliphatic rings. The van der Waals surface area contributed by atoms with Gasteiger partial charge in [0, 0.05) is 25.7 Å². The first-order valence-electron chi connectivity index (χ1n) is 7.72. The Morgan fingerprint density at radius 3 is 2.63 bits per heavy atom. The Kier molecular flexibility index (Phi) is 5.22. The highest BCUT2D eigenvalue weighted by Crippen LogP contribution is 2.30. The van der Waals surface area contributed by atoms with Gasteiger partial charge >= 0.3 is 0 Å². The Morgan fingerprint density at radius 1 is 1.26 bits per heavy atom. The maximum Gasteiger partial charge on any atom is 0.228 e. The summed E-state index contributed by atoms with van der Waals surface area (Å²) in [6.07, 6.45) is 4.86. The largest absolute Gasteiger partial charge is 0.384 e. The van der Waals surface area contributed by atoms with Gasteiger partial charge in [0.25, 0.3) is 0 Å². The summed E-state index contributed by atoms with van der Waals surface area (Å²) in [5.41, 5.74) is 0. The number of amides is 1. The Balaban J connectivity index is 2.02. The van der Waals surface area contributed by atoms with E-state index in [1.165, 1.54) is 25.8 Å². The van der Waals surface area contributed by atoms with Crippen molar-refractivity contribution in [3.8, 4) is 0 Å². The van der Waals surface area contributed by atoms with Crippen LogP contribution in [0.3, 0.4) is 0 Å². The van der Waals surface area contributed by atoms with Gasteiger partial charge in [-0.25, -0.2) is 0 Å². The van der Waals surface area contributed by atoms with Crippen LogP contribution in [0.4, 0.5) is 0 Å². The molecule has 1 amide bonds.